The SMILES string of the molecule is COc1cccc([C@H](Oc2ccc3c(cnn3-c3ccc(F)cc3)c2)[C@H](C)NC(=O)c2ccc(Cl)s2)c1. The summed E-state index contributed by atoms with van der Waals surface area (Å²) in [5.41, 5.74) is 2.45. The Morgan fingerprint density at radius 1 is 1.05 bits per heavy atom. The maximum Gasteiger partial charge on any atom is 0.261 e. The molecule has 0 fully saturated rings. The molecular weight excluding hydrogens is 513 g/mol. The standard InChI is InChI=1S/C28H23ClFN3O3S/c1-17(32-28(34)25-12-13-26(29)37-25)27(18-4-3-5-22(14-18)35-2)36-23-10-11-24-19(15-23)16-31-33(24)21-8-6-20(30)7-9-21/h3-17,27H,1-2H3,(H,32,34)/t17-,27+/m0/s1. The van der Waals surface area contributed by atoms with E-state index in [0.717, 1.165) is 22.2 Å². The third-order valence-corrected chi connectivity index (χ3v) is 7.14. The zero-order valence-electron chi connectivity index (χ0n) is 20.0. The second kappa shape index (κ2) is 10.6. The van der Waals surface area contributed by atoms with Crippen molar-refractivity contribution in [3.8, 4) is 17.2 Å². The van der Waals surface area contributed by atoms with E-state index in [0.29, 0.717) is 20.7 Å². The quantitative estimate of drug-likeness (QED) is 0.236. The first-order valence-electron chi connectivity index (χ1n) is 11.5. The Labute approximate surface area is 222 Å². The average molecular weight is 536 g/mol. The first kappa shape index (κ1) is 24.8. The smallest absolute Gasteiger partial charge is 0.261 e. The van der Waals surface area contributed by atoms with Gasteiger partial charge in [0.1, 0.15) is 23.4 Å². The number of hydrogen-bond donors (Lipinski definition) is 1. The van der Waals surface area contributed by atoms with Crippen LogP contribution in [0.1, 0.15) is 28.3 Å². The van der Waals surface area contributed by atoms with Crippen LogP contribution in [-0.2, 0) is 0 Å². The van der Waals surface area contributed by atoms with Crippen molar-refractivity contribution in [2.24, 2.45) is 0 Å². The van der Waals surface area contributed by atoms with E-state index in [9.17, 15) is 9.18 Å². The van der Waals surface area contributed by atoms with Gasteiger partial charge in [0.25, 0.3) is 5.91 Å². The number of carbonyl (C=O) groups excluding carboxylic acids is 1. The number of hydrogen-bond acceptors (Lipinski definition) is 5. The van der Waals surface area contributed by atoms with Crippen LogP contribution in [0.25, 0.3) is 16.6 Å². The largest absolute Gasteiger partial charge is 0.497 e. The lowest BCUT2D eigenvalue weighted by Crippen LogP contribution is -2.39. The Morgan fingerprint density at radius 3 is 2.59 bits per heavy atom. The van der Waals surface area contributed by atoms with Gasteiger partial charge in [-0.1, -0.05) is 23.7 Å². The van der Waals surface area contributed by atoms with Crippen LogP contribution in [0.5, 0.6) is 11.5 Å². The molecule has 0 radical (unpaired) electrons. The van der Waals surface area contributed by atoms with Gasteiger partial charge in [0, 0.05) is 5.39 Å². The van der Waals surface area contributed by atoms with Gasteiger partial charge in [-0.3, -0.25) is 4.79 Å². The summed E-state index contributed by atoms with van der Waals surface area (Å²) < 4.78 is 27.5. The molecule has 2 aromatic heterocycles. The predicted molar refractivity (Wildman–Crippen MR) is 144 cm³/mol. The van der Waals surface area contributed by atoms with Crippen LogP contribution in [0.3, 0.4) is 0 Å². The summed E-state index contributed by atoms with van der Waals surface area (Å²) >= 11 is 7.23. The van der Waals surface area contributed by atoms with E-state index in [1.54, 1.807) is 42.3 Å². The van der Waals surface area contributed by atoms with E-state index in [-0.39, 0.29) is 11.7 Å². The number of carbonyl (C=O) groups is 1. The van der Waals surface area contributed by atoms with Gasteiger partial charge < -0.3 is 14.8 Å². The highest BCUT2D eigenvalue weighted by molar-refractivity contribution is 7.18. The average Bonchev–Trinajstić information content (AvgIpc) is 3.54. The number of rotatable bonds is 8. The van der Waals surface area contributed by atoms with Crippen molar-refractivity contribution >= 4 is 39.7 Å². The second-order valence-electron chi connectivity index (χ2n) is 8.43. The molecule has 0 aliphatic heterocycles. The molecule has 5 rings (SSSR count). The number of amides is 1. The van der Waals surface area contributed by atoms with Crippen LogP contribution < -0.4 is 14.8 Å². The molecule has 2 heterocycles. The summed E-state index contributed by atoms with van der Waals surface area (Å²) in [6, 6.07) is 22.4. The summed E-state index contributed by atoms with van der Waals surface area (Å²) in [4.78, 5) is 13.4. The van der Waals surface area contributed by atoms with Crippen molar-refractivity contribution in [2.45, 2.75) is 19.1 Å². The molecule has 9 heteroatoms. The van der Waals surface area contributed by atoms with Gasteiger partial charge in [-0.05, 0) is 79.2 Å². The van der Waals surface area contributed by atoms with Crippen LogP contribution in [0, 0.1) is 5.82 Å². The number of ether oxygens (including phenoxy) is 2. The van der Waals surface area contributed by atoms with Crippen LogP contribution in [0.4, 0.5) is 4.39 Å². The Morgan fingerprint density at radius 2 is 1.86 bits per heavy atom. The number of benzene rings is 3. The first-order valence-corrected chi connectivity index (χ1v) is 12.7. The molecule has 2 atom stereocenters. The van der Waals surface area contributed by atoms with Crippen molar-refractivity contribution in [3.05, 3.63) is 106 Å². The van der Waals surface area contributed by atoms with Crippen LogP contribution in [0.15, 0.2) is 85.1 Å². The molecule has 1 amide bonds. The maximum absolute atomic E-state index is 13.4. The van der Waals surface area contributed by atoms with Gasteiger partial charge in [-0.15, -0.1) is 11.3 Å². The molecule has 6 nitrogen and oxygen atoms in total. The molecule has 0 saturated heterocycles. The van der Waals surface area contributed by atoms with Crippen LogP contribution in [-0.4, -0.2) is 28.8 Å². The minimum atomic E-state index is -0.515. The van der Waals surface area contributed by atoms with Gasteiger partial charge in [-0.25, -0.2) is 9.07 Å². The predicted octanol–water partition coefficient (Wildman–Crippen LogP) is 6.83. The third-order valence-electron chi connectivity index (χ3n) is 5.91. The summed E-state index contributed by atoms with van der Waals surface area (Å²) in [5.74, 6) is 0.768. The molecule has 3 aromatic carbocycles. The molecule has 0 saturated carbocycles. The molecule has 37 heavy (non-hydrogen) atoms. The highest BCUT2D eigenvalue weighted by Gasteiger charge is 2.25. The van der Waals surface area contributed by atoms with Gasteiger partial charge in [0.05, 0.1) is 39.8 Å². The number of nitrogens with zero attached hydrogens (tertiary/aromatic N) is 2. The minimum absolute atomic E-state index is 0.225. The normalized spacial score (nSPS) is 12.8. The van der Waals surface area contributed by atoms with Crippen molar-refractivity contribution in [1.29, 1.82) is 0 Å². The van der Waals surface area contributed by atoms with E-state index in [1.807, 2.05) is 49.4 Å². The van der Waals surface area contributed by atoms with Crippen LogP contribution >= 0.6 is 22.9 Å². The fraction of sp³-hybridized carbons (Fsp3) is 0.143. The number of thiophene rings is 1. The monoisotopic (exact) mass is 535 g/mol. The van der Waals surface area contributed by atoms with Gasteiger partial charge in [-0.2, -0.15) is 5.10 Å². The van der Waals surface area contributed by atoms with Crippen molar-refractivity contribution in [1.82, 2.24) is 15.1 Å². The van der Waals surface area contributed by atoms with Crippen molar-refractivity contribution in [3.63, 3.8) is 0 Å². The fourth-order valence-corrected chi connectivity index (χ4v) is 5.03. The van der Waals surface area contributed by atoms with Gasteiger partial charge in [0.2, 0.25) is 0 Å². The van der Waals surface area contributed by atoms with Gasteiger partial charge >= 0.3 is 0 Å². The van der Waals surface area contributed by atoms with Crippen molar-refractivity contribution < 1.29 is 18.7 Å². The molecular formula is C28H23ClFN3O3S. The summed E-state index contributed by atoms with van der Waals surface area (Å²) in [5, 5.41) is 8.35. The topological polar surface area (TPSA) is 65.4 Å². The lowest BCUT2D eigenvalue weighted by atomic mass is 10.0. The number of halogens is 2. The number of nitrogens with one attached hydrogen (secondary N) is 1. The van der Waals surface area contributed by atoms with E-state index in [2.05, 4.69) is 10.4 Å². The van der Waals surface area contributed by atoms with E-state index in [1.165, 1.54) is 23.5 Å². The highest BCUT2D eigenvalue weighted by Crippen LogP contribution is 2.31. The molecule has 0 spiro atoms. The second-order valence-corrected chi connectivity index (χ2v) is 10.1. The molecule has 0 aliphatic carbocycles. The zero-order chi connectivity index (χ0) is 25.9. The lowest BCUT2D eigenvalue weighted by molar-refractivity contribution is 0.0886. The summed E-state index contributed by atoms with van der Waals surface area (Å²) in [6.07, 6.45) is 1.22. The molecule has 0 bridgehead atoms. The van der Waals surface area contributed by atoms with E-state index >= 15 is 0 Å². The minimum Gasteiger partial charge on any atom is -0.497 e. The highest BCUT2D eigenvalue weighted by atomic mass is 35.5. The molecule has 0 unspecified atom stereocenters. The zero-order valence-corrected chi connectivity index (χ0v) is 21.6. The van der Waals surface area contributed by atoms with Crippen molar-refractivity contribution in [2.75, 3.05) is 7.11 Å². The maximum atomic E-state index is 13.4. The Kier molecular flexibility index (Phi) is 7.12. The molecule has 1 N–H and O–H groups in total. The number of aromatic nitrogens is 2. The fourth-order valence-electron chi connectivity index (χ4n) is 4.09. The molecule has 5 aromatic rings. The molecule has 188 valence electrons. The summed E-state index contributed by atoms with van der Waals surface area (Å²) in [6.45, 7) is 1.89. The molecule has 0 aliphatic rings. The van der Waals surface area contributed by atoms with Gasteiger partial charge in [0.15, 0.2) is 0 Å². The first-order chi connectivity index (χ1) is 17.9. The lowest BCUT2D eigenvalue weighted by Gasteiger charge is -2.27. The third kappa shape index (κ3) is 5.45. The Bertz CT molecular complexity index is 1550. The van der Waals surface area contributed by atoms with Crippen LogP contribution in [0.2, 0.25) is 4.34 Å². The van der Waals surface area contributed by atoms with E-state index < -0.39 is 12.1 Å². The Balaban J connectivity index is 1.44. The number of fused-ring (bicyclic) bond motifs is 1. The van der Waals surface area contributed by atoms with E-state index in [4.69, 9.17) is 21.1 Å². The summed E-state index contributed by atoms with van der Waals surface area (Å²) in [7, 11) is 1.60. The Hall–Kier alpha value is -3.88. The number of methoxy groups -OCH3 is 1.